The van der Waals surface area contributed by atoms with Crippen molar-refractivity contribution < 1.29 is 4.79 Å². The molecule has 0 heterocycles. The molecule has 0 saturated heterocycles. The van der Waals surface area contributed by atoms with Crippen LogP contribution >= 0.6 is 0 Å². The van der Waals surface area contributed by atoms with E-state index in [1.807, 2.05) is 0 Å². The van der Waals surface area contributed by atoms with Crippen LogP contribution in [0.15, 0.2) is 0 Å². The van der Waals surface area contributed by atoms with Crippen molar-refractivity contribution in [1.82, 2.24) is 0 Å². The number of hydrogen-bond acceptors (Lipinski definition) is 1. The summed E-state index contributed by atoms with van der Waals surface area (Å²) in [5, 5.41) is 0. The maximum atomic E-state index is 11.6. The molecule has 11 heavy (non-hydrogen) atoms. The molecule has 1 nitrogen and oxygen atoms in total. The first kappa shape index (κ1) is 6.22. The lowest BCUT2D eigenvalue weighted by molar-refractivity contribution is -0.124. The Morgan fingerprint density at radius 2 is 1.55 bits per heavy atom. The molecule has 3 aliphatic rings. The Kier molecular flexibility index (Phi) is 1.06. The largest absolute Gasteiger partial charge is 0.299 e. The third-order valence-electron chi connectivity index (χ3n) is 3.63. The summed E-state index contributed by atoms with van der Waals surface area (Å²) in [5.74, 6) is 3.59. The van der Waals surface area contributed by atoms with Gasteiger partial charge in [-0.1, -0.05) is 0 Å². The van der Waals surface area contributed by atoms with Crippen molar-refractivity contribution in [3.8, 4) is 0 Å². The zero-order chi connectivity index (χ0) is 7.42. The van der Waals surface area contributed by atoms with E-state index in [1.165, 1.54) is 32.1 Å². The SMILES string of the molecule is O=C(C1CC1)C1CC2CC2C1. The number of hydrogen-bond donors (Lipinski definition) is 0. The monoisotopic (exact) mass is 150 g/mol. The zero-order valence-corrected chi connectivity index (χ0v) is 6.75. The fraction of sp³-hybridized carbons (Fsp3) is 0.900. The average molecular weight is 150 g/mol. The summed E-state index contributed by atoms with van der Waals surface area (Å²) >= 11 is 0. The quantitative estimate of drug-likeness (QED) is 0.588. The Morgan fingerprint density at radius 3 is 2.09 bits per heavy atom. The fourth-order valence-electron chi connectivity index (χ4n) is 2.65. The van der Waals surface area contributed by atoms with Crippen LogP contribution in [0.1, 0.15) is 32.1 Å². The van der Waals surface area contributed by atoms with Crippen molar-refractivity contribution in [2.75, 3.05) is 0 Å². The molecule has 0 radical (unpaired) electrons. The molecule has 3 rings (SSSR count). The Balaban J connectivity index is 1.66. The number of carbonyl (C=O) groups is 1. The predicted octanol–water partition coefficient (Wildman–Crippen LogP) is 2.01. The van der Waals surface area contributed by atoms with Crippen LogP contribution in [0.2, 0.25) is 0 Å². The van der Waals surface area contributed by atoms with Crippen LogP contribution in [-0.2, 0) is 4.79 Å². The summed E-state index contributed by atoms with van der Waals surface area (Å²) < 4.78 is 0. The van der Waals surface area contributed by atoms with Gasteiger partial charge in [0.15, 0.2) is 0 Å². The molecule has 60 valence electrons. The normalized spacial score (nSPS) is 47.1. The first-order valence-electron chi connectivity index (χ1n) is 4.88. The Hall–Kier alpha value is -0.330. The van der Waals surface area contributed by atoms with Crippen LogP contribution in [0, 0.1) is 23.7 Å². The second kappa shape index (κ2) is 1.88. The molecule has 0 bridgehead atoms. The molecule has 3 saturated carbocycles. The van der Waals surface area contributed by atoms with Crippen molar-refractivity contribution in [2.45, 2.75) is 32.1 Å². The van der Waals surface area contributed by atoms with Crippen LogP contribution < -0.4 is 0 Å². The molecule has 0 aromatic heterocycles. The fourth-order valence-corrected chi connectivity index (χ4v) is 2.65. The van der Waals surface area contributed by atoms with Gasteiger partial charge in [-0.05, 0) is 43.9 Å². The summed E-state index contributed by atoms with van der Waals surface area (Å²) in [6.07, 6.45) is 6.34. The van der Waals surface area contributed by atoms with Gasteiger partial charge < -0.3 is 0 Å². The van der Waals surface area contributed by atoms with E-state index in [1.54, 1.807) is 0 Å². The molecule has 0 aliphatic heterocycles. The Morgan fingerprint density at radius 1 is 0.909 bits per heavy atom. The van der Waals surface area contributed by atoms with Crippen LogP contribution in [0.4, 0.5) is 0 Å². The molecule has 0 N–H and O–H groups in total. The third kappa shape index (κ3) is 0.935. The molecule has 2 unspecified atom stereocenters. The van der Waals surface area contributed by atoms with Gasteiger partial charge in [-0.15, -0.1) is 0 Å². The minimum Gasteiger partial charge on any atom is -0.299 e. The van der Waals surface area contributed by atoms with Crippen molar-refractivity contribution in [3.05, 3.63) is 0 Å². The number of carbonyl (C=O) groups excluding carboxylic acids is 1. The van der Waals surface area contributed by atoms with E-state index < -0.39 is 0 Å². The minimum atomic E-state index is 0.506. The van der Waals surface area contributed by atoms with Gasteiger partial charge in [0, 0.05) is 11.8 Å². The van der Waals surface area contributed by atoms with Crippen LogP contribution in [0.3, 0.4) is 0 Å². The van der Waals surface area contributed by atoms with Gasteiger partial charge in [-0.25, -0.2) is 0 Å². The van der Waals surface area contributed by atoms with Crippen LogP contribution in [-0.4, -0.2) is 5.78 Å². The molecular formula is C10H14O. The van der Waals surface area contributed by atoms with Gasteiger partial charge in [0.25, 0.3) is 0 Å². The maximum Gasteiger partial charge on any atom is 0.139 e. The summed E-state index contributed by atoms with van der Waals surface area (Å²) in [6.45, 7) is 0. The first-order valence-corrected chi connectivity index (χ1v) is 4.88. The highest BCUT2D eigenvalue weighted by molar-refractivity contribution is 5.85. The highest BCUT2D eigenvalue weighted by Gasteiger charge is 2.49. The number of ketones is 1. The van der Waals surface area contributed by atoms with Crippen LogP contribution in [0.5, 0.6) is 0 Å². The Bertz CT molecular complexity index is 195. The molecule has 3 fully saturated rings. The van der Waals surface area contributed by atoms with Gasteiger partial charge >= 0.3 is 0 Å². The summed E-state index contributed by atoms with van der Waals surface area (Å²) in [4.78, 5) is 11.6. The molecule has 0 spiro atoms. The topological polar surface area (TPSA) is 17.1 Å². The smallest absolute Gasteiger partial charge is 0.139 e. The molecule has 0 amide bonds. The second-order valence-corrected chi connectivity index (χ2v) is 4.60. The number of Topliss-reactive ketones (excluding diaryl/α,β-unsaturated/α-hetero) is 1. The lowest BCUT2D eigenvalue weighted by Crippen LogP contribution is -2.14. The molecule has 0 aromatic rings. The van der Waals surface area contributed by atoms with Gasteiger partial charge in [-0.3, -0.25) is 4.79 Å². The lowest BCUT2D eigenvalue weighted by atomic mass is 9.95. The third-order valence-corrected chi connectivity index (χ3v) is 3.63. The second-order valence-electron chi connectivity index (χ2n) is 4.60. The van der Waals surface area contributed by atoms with E-state index in [2.05, 4.69) is 0 Å². The van der Waals surface area contributed by atoms with Gasteiger partial charge in [-0.2, -0.15) is 0 Å². The predicted molar refractivity (Wildman–Crippen MR) is 42.1 cm³/mol. The average Bonchev–Trinajstić information content (AvgIpc) is 2.90. The molecule has 1 heteroatoms. The summed E-state index contributed by atoms with van der Waals surface area (Å²) in [6, 6.07) is 0. The standard InChI is InChI=1S/C10H14O/c11-10(6-1-2-6)9-4-7-3-8(7)5-9/h6-9H,1-5H2. The van der Waals surface area contributed by atoms with Gasteiger partial charge in [0.2, 0.25) is 0 Å². The first-order chi connectivity index (χ1) is 5.34. The molecule has 0 aromatic carbocycles. The molecule has 2 atom stereocenters. The lowest BCUT2D eigenvalue weighted by Gasteiger charge is -2.08. The minimum absolute atomic E-state index is 0.506. The van der Waals surface area contributed by atoms with E-state index in [4.69, 9.17) is 0 Å². The maximum absolute atomic E-state index is 11.6. The van der Waals surface area contributed by atoms with Gasteiger partial charge in [0.1, 0.15) is 5.78 Å². The zero-order valence-electron chi connectivity index (χ0n) is 6.75. The van der Waals surface area contributed by atoms with Crippen molar-refractivity contribution >= 4 is 5.78 Å². The number of rotatable bonds is 2. The van der Waals surface area contributed by atoms with E-state index in [0.717, 1.165) is 11.8 Å². The van der Waals surface area contributed by atoms with E-state index >= 15 is 0 Å². The summed E-state index contributed by atoms with van der Waals surface area (Å²) in [5.41, 5.74) is 0. The van der Waals surface area contributed by atoms with E-state index in [9.17, 15) is 4.79 Å². The molecule has 3 aliphatic carbocycles. The van der Waals surface area contributed by atoms with Crippen molar-refractivity contribution in [1.29, 1.82) is 0 Å². The Labute approximate surface area is 67.2 Å². The van der Waals surface area contributed by atoms with Gasteiger partial charge in [0.05, 0.1) is 0 Å². The van der Waals surface area contributed by atoms with Crippen molar-refractivity contribution in [3.63, 3.8) is 0 Å². The summed E-state index contributed by atoms with van der Waals surface area (Å²) in [7, 11) is 0. The van der Waals surface area contributed by atoms with E-state index in [0.29, 0.717) is 17.6 Å². The van der Waals surface area contributed by atoms with E-state index in [-0.39, 0.29) is 0 Å². The van der Waals surface area contributed by atoms with Crippen LogP contribution in [0.25, 0.3) is 0 Å². The number of fused-ring (bicyclic) bond motifs is 1. The highest BCUT2D eigenvalue weighted by Crippen LogP contribution is 2.55. The molecular weight excluding hydrogens is 136 g/mol. The highest BCUT2D eigenvalue weighted by atomic mass is 16.1. The van der Waals surface area contributed by atoms with Crippen molar-refractivity contribution in [2.24, 2.45) is 23.7 Å².